The monoisotopic (exact) mass is 149 g/mol. The SMILES string of the molecule is CC=NNCc1ccncc1. The minimum atomic E-state index is 0.757. The van der Waals surface area contributed by atoms with Gasteiger partial charge in [0.05, 0.1) is 6.54 Å². The molecule has 3 heteroatoms. The van der Waals surface area contributed by atoms with E-state index in [0.29, 0.717) is 0 Å². The number of pyridine rings is 1. The van der Waals surface area contributed by atoms with Gasteiger partial charge in [0.25, 0.3) is 0 Å². The Labute approximate surface area is 66.2 Å². The summed E-state index contributed by atoms with van der Waals surface area (Å²) < 4.78 is 0. The number of hydrogen-bond acceptors (Lipinski definition) is 3. The van der Waals surface area contributed by atoms with Crippen LogP contribution in [0.2, 0.25) is 0 Å². The zero-order valence-electron chi connectivity index (χ0n) is 6.49. The van der Waals surface area contributed by atoms with Crippen molar-refractivity contribution in [3.63, 3.8) is 0 Å². The Morgan fingerprint density at radius 3 is 2.91 bits per heavy atom. The van der Waals surface area contributed by atoms with Crippen LogP contribution in [0.5, 0.6) is 0 Å². The summed E-state index contributed by atoms with van der Waals surface area (Å²) in [6.45, 7) is 2.63. The second-order valence-electron chi connectivity index (χ2n) is 2.08. The zero-order chi connectivity index (χ0) is 7.94. The van der Waals surface area contributed by atoms with Crippen LogP contribution in [0.4, 0.5) is 0 Å². The summed E-state index contributed by atoms with van der Waals surface area (Å²) in [6, 6.07) is 3.91. The number of hydrogen-bond donors (Lipinski definition) is 1. The first-order valence-electron chi connectivity index (χ1n) is 3.53. The van der Waals surface area contributed by atoms with Crippen molar-refractivity contribution in [3.05, 3.63) is 30.1 Å². The molecule has 1 N–H and O–H groups in total. The molecule has 0 saturated heterocycles. The van der Waals surface area contributed by atoms with Crippen LogP contribution in [0, 0.1) is 0 Å². The third-order valence-corrected chi connectivity index (χ3v) is 1.25. The maximum atomic E-state index is 3.91. The fraction of sp³-hybridized carbons (Fsp3) is 0.250. The Hall–Kier alpha value is -1.38. The Balaban J connectivity index is 2.39. The van der Waals surface area contributed by atoms with Gasteiger partial charge < -0.3 is 5.43 Å². The Bertz CT molecular complexity index is 218. The van der Waals surface area contributed by atoms with Crippen LogP contribution in [0.25, 0.3) is 0 Å². The van der Waals surface area contributed by atoms with Gasteiger partial charge in [-0.15, -0.1) is 0 Å². The summed E-state index contributed by atoms with van der Waals surface area (Å²) >= 11 is 0. The van der Waals surface area contributed by atoms with E-state index >= 15 is 0 Å². The van der Waals surface area contributed by atoms with Gasteiger partial charge in [0, 0.05) is 18.6 Å². The minimum Gasteiger partial charge on any atom is -0.306 e. The van der Waals surface area contributed by atoms with E-state index in [1.807, 2.05) is 19.1 Å². The smallest absolute Gasteiger partial charge is 0.0581 e. The van der Waals surface area contributed by atoms with E-state index in [4.69, 9.17) is 0 Å². The van der Waals surface area contributed by atoms with E-state index < -0.39 is 0 Å². The highest BCUT2D eigenvalue weighted by atomic mass is 15.3. The number of rotatable bonds is 3. The van der Waals surface area contributed by atoms with Crippen LogP contribution in [0.3, 0.4) is 0 Å². The van der Waals surface area contributed by atoms with Gasteiger partial charge in [-0.2, -0.15) is 5.10 Å². The van der Waals surface area contributed by atoms with Crippen LogP contribution < -0.4 is 5.43 Å². The van der Waals surface area contributed by atoms with E-state index in [1.165, 1.54) is 5.56 Å². The molecule has 11 heavy (non-hydrogen) atoms. The lowest BCUT2D eigenvalue weighted by atomic mass is 10.3. The summed E-state index contributed by atoms with van der Waals surface area (Å²) in [5, 5.41) is 3.87. The van der Waals surface area contributed by atoms with Gasteiger partial charge in [0.15, 0.2) is 0 Å². The fourth-order valence-electron chi connectivity index (χ4n) is 0.729. The van der Waals surface area contributed by atoms with Crippen molar-refractivity contribution in [1.29, 1.82) is 0 Å². The Morgan fingerprint density at radius 2 is 2.27 bits per heavy atom. The molecule has 0 spiro atoms. The second-order valence-corrected chi connectivity index (χ2v) is 2.08. The van der Waals surface area contributed by atoms with Gasteiger partial charge in [-0.05, 0) is 24.6 Å². The molecular weight excluding hydrogens is 138 g/mol. The van der Waals surface area contributed by atoms with Crippen molar-refractivity contribution >= 4 is 6.21 Å². The van der Waals surface area contributed by atoms with Crippen molar-refractivity contribution in [2.24, 2.45) is 5.10 Å². The molecule has 1 heterocycles. The predicted octanol–water partition coefficient (Wildman–Crippen LogP) is 1.18. The summed E-state index contributed by atoms with van der Waals surface area (Å²) in [5.74, 6) is 0. The van der Waals surface area contributed by atoms with Crippen molar-refractivity contribution in [3.8, 4) is 0 Å². The minimum absolute atomic E-state index is 0.757. The quantitative estimate of drug-likeness (QED) is 0.517. The van der Waals surface area contributed by atoms with E-state index in [9.17, 15) is 0 Å². The number of aromatic nitrogens is 1. The van der Waals surface area contributed by atoms with Gasteiger partial charge in [0.2, 0.25) is 0 Å². The lowest BCUT2D eigenvalue weighted by Crippen LogP contribution is -2.04. The maximum Gasteiger partial charge on any atom is 0.0581 e. The maximum absolute atomic E-state index is 3.91. The summed E-state index contributed by atoms with van der Waals surface area (Å²) in [6.07, 6.45) is 5.26. The first-order valence-corrected chi connectivity index (χ1v) is 3.53. The molecule has 1 rings (SSSR count). The Morgan fingerprint density at radius 1 is 1.55 bits per heavy atom. The lowest BCUT2D eigenvalue weighted by Gasteiger charge is -1.97. The van der Waals surface area contributed by atoms with Crippen LogP contribution in [-0.2, 0) is 6.54 Å². The first kappa shape index (κ1) is 7.72. The summed E-state index contributed by atoms with van der Waals surface area (Å²) in [5.41, 5.74) is 4.08. The highest BCUT2D eigenvalue weighted by molar-refractivity contribution is 5.52. The predicted molar refractivity (Wildman–Crippen MR) is 45.2 cm³/mol. The molecule has 0 fully saturated rings. The summed E-state index contributed by atoms with van der Waals surface area (Å²) in [7, 11) is 0. The molecule has 0 aliphatic heterocycles. The van der Waals surface area contributed by atoms with Gasteiger partial charge in [-0.25, -0.2) is 0 Å². The molecule has 0 bridgehead atoms. The molecule has 1 aromatic rings. The van der Waals surface area contributed by atoms with E-state index in [-0.39, 0.29) is 0 Å². The molecule has 0 aromatic carbocycles. The number of nitrogens with zero attached hydrogens (tertiary/aromatic N) is 2. The van der Waals surface area contributed by atoms with Crippen LogP contribution >= 0.6 is 0 Å². The van der Waals surface area contributed by atoms with Gasteiger partial charge in [-0.3, -0.25) is 4.98 Å². The third-order valence-electron chi connectivity index (χ3n) is 1.25. The van der Waals surface area contributed by atoms with Crippen molar-refractivity contribution in [2.45, 2.75) is 13.5 Å². The van der Waals surface area contributed by atoms with Crippen LogP contribution in [0.1, 0.15) is 12.5 Å². The molecule has 0 atom stereocenters. The number of nitrogens with one attached hydrogen (secondary N) is 1. The second kappa shape index (κ2) is 4.44. The molecule has 58 valence electrons. The number of hydrazone groups is 1. The lowest BCUT2D eigenvalue weighted by molar-refractivity contribution is 0.746. The van der Waals surface area contributed by atoms with Crippen molar-refractivity contribution < 1.29 is 0 Å². The standard InChI is InChI=1S/C8H11N3/c1-2-10-11-7-8-3-5-9-6-4-8/h2-6,11H,7H2,1H3. The Kier molecular flexibility index (Phi) is 3.12. The fourth-order valence-corrected chi connectivity index (χ4v) is 0.729. The molecule has 0 amide bonds. The topological polar surface area (TPSA) is 37.3 Å². The molecule has 3 nitrogen and oxygen atoms in total. The van der Waals surface area contributed by atoms with Crippen LogP contribution in [-0.4, -0.2) is 11.2 Å². The van der Waals surface area contributed by atoms with Gasteiger partial charge in [-0.1, -0.05) is 0 Å². The molecule has 0 aliphatic rings. The zero-order valence-corrected chi connectivity index (χ0v) is 6.49. The average molecular weight is 149 g/mol. The molecule has 0 radical (unpaired) electrons. The average Bonchev–Trinajstić information content (AvgIpc) is 2.07. The normalized spacial score (nSPS) is 10.3. The summed E-state index contributed by atoms with van der Waals surface area (Å²) in [4.78, 5) is 3.91. The molecular formula is C8H11N3. The molecule has 0 unspecified atom stereocenters. The van der Waals surface area contributed by atoms with Crippen LogP contribution in [0.15, 0.2) is 29.6 Å². The molecule has 1 aromatic heterocycles. The first-order chi connectivity index (χ1) is 5.43. The van der Waals surface area contributed by atoms with Gasteiger partial charge in [0.1, 0.15) is 0 Å². The molecule has 0 aliphatic carbocycles. The van der Waals surface area contributed by atoms with Crippen molar-refractivity contribution in [2.75, 3.05) is 0 Å². The largest absolute Gasteiger partial charge is 0.306 e. The van der Waals surface area contributed by atoms with E-state index in [1.54, 1.807) is 18.6 Å². The van der Waals surface area contributed by atoms with E-state index in [0.717, 1.165) is 6.54 Å². The van der Waals surface area contributed by atoms with Crippen molar-refractivity contribution in [1.82, 2.24) is 10.4 Å². The van der Waals surface area contributed by atoms with E-state index in [2.05, 4.69) is 15.5 Å². The molecule has 0 saturated carbocycles. The highest BCUT2D eigenvalue weighted by Gasteiger charge is 1.86. The third kappa shape index (κ3) is 2.80. The van der Waals surface area contributed by atoms with Gasteiger partial charge >= 0.3 is 0 Å². The highest BCUT2D eigenvalue weighted by Crippen LogP contribution is 1.93.